The highest BCUT2D eigenvalue weighted by molar-refractivity contribution is 5.91. The summed E-state index contributed by atoms with van der Waals surface area (Å²) in [6.07, 6.45) is 8.83. The molecule has 56 heavy (non-hydrogen) atoms. The molecule has 0 heterocycles. The van der Waals surface area contributed by atoms with E-state index in [1.807, 2.05) is 0 Å². The van der Waals surface area contributed by atoms with Gasteiger partial charge in [-0.25, -0.2) is 0 Å². The maximum absolute atomic E-state index is 2.37. The Bertz CT molecular complexity index is 2590. The Morgan fingerprint density at radius 2 is 0.679 bits per heavy atom. The highest BCUT2D eigenvalue weighted by Gasteiger charge is 2.19. The molecule has 0 amide bonds. The van der Waals surface area contributed by atoms with Crippen molar-refractivity contribution in [2.24, 2.45) is 0 Å². The Hall–Kier alpha value is -7.16. The van der Waals surface area contributed by atoms with Gasteiger partial charge >= 0.3 is 0 Å². The fraction of sp³-hybridized carbons (Fsp3) is 0.0370. The number of hydrogen-bond acceptors (Lipinski definition) is 2. The van der Waals surface area contributed by atoms with Gasteiger partial charge in [-0.1, -0.05) is 170 Å². The van der Waals surface area contributed by atoms with Crippen LogP contribution in [0.4, 0.5) is 34.1 Å². The van der Waals surface area contributed by atoms with Crippen molar-refractivity contribution in [3.63, 3.8) is 0 Å². The van der Waals surface area contributed by atoms with E-state index in [-0.39, 0.29) is 0 Å². The van der Waals surface area contributed by atoms with E-state index in [2.05, 4.69) is 240 Å². The second-order valence-corrected chi connectivity index (χ2v) is 14.1. The summed E-state index contributed by atoms with van der Waals surface area (Å²) in [5.41, 5.74) is 16.5. The highest BCUT2D eigenvalue weighted by Crippen LogP contribution is 2.44. The first kappa shape index (κ1) is 34.6. The molecule has 8 aromatic carbocycles. The number of nitrogens with zero attached hydrogens (tertiary/aromatic N) is 2. The summed E-state index contributed by atoms with van der Waals surface area (Å²) in [4.78, 5) is 4.73. The van der Waals surface area contributed by atoms with Crippen LogP contribution in [-0.4, -0.2) is 0 Å². The van der Waals surface area contributed by atoms with Gasteiger partial charge in [0.05, 0.1) is 11.4 Å². The quantitative estimate of drug-likeness (QED) is 0.139. The van der Waals surface area contributed by atoms with Gasteiger partial charge in [-0.15, -0.1) is 0 Å². The van der Waals surface area contributed by atoms with E-state index in [1.54, 1.807) is 0 Å². The van der Waals surface area contributed by atoms with Gasteiger partial charge in [-0.05, 0) is 107 Å². The van der Waals surface area contributed by atoms with Crippen molar-refractivity contribution in [2.45, 2.75) is 12.8 Å². The number of anilines is 6. The normalized spacial score (nSPS) is 12.2. The minimum atomic E-state index is 1.08. The first-order chi connectivity index (χ1) is 27.8. The lowest BCUT2D eigenvalue weighted by Crippen LogP contribution is -2.11. The van der Waals surface area contributed by atoms with Gasteiger partial charge in [-0.2, -0.15) is 0 Å². The number of para-hydroxylation sites is 4. The Kier molecular flexibility index (Phi) is 9.92. The Morgan fingerprint density at radius 3 is 1.14 bits per heavy atom. The monoisotopic (exact) mass is 718 g/mol. The largest absolute Gasteiger partial charge is 0.310 e. The molecule has 0 radical (unpaired) electrons. The third-order valence-electron chi connectivity index (χ3n) is 10.6. The predicted molar refractivity (Wildman–Crippen MR) is 238 cm³/mol. The SMILES string of the molecule is C1=CCCC(c2ccc(N(c3ccccc3)c3ccccc3-c3ccc(-c4ccccc4N(c4ccccc4)c4ccc(-c5ccccc5)cc4)cc3)cc2)=C1. The van der Waals surface area contributed by atoms with Crippen LogP contribution in [0.5, 0.6) is 0 Å². The number of allylic oxidation sites excluding steroid dienone is 4. The van der Waals surface area contributed by atoms with E-state index < -0.39 is 0 Å². The molecule has 0 aromatic heterocycles. The number of hydrogen-bond donors (Lipinski definition) is 0. The van der Waals surface area contributed by atoms with Gasteiger partial charge < -0.3 is 9.80 Å². The van der Waals surface area contributed by atoms with Crippen LogP contribution in [0.25, 0.3) is 39.0 Å². The van der Waals surface area contributed by atoms with E-state index in [1.165, 1.54) is 27.8 Å². The van der Waals surface area contributed by atoms with Crippen molar-refractivity contribution in [1.29, 1.82) is 0 Å². The van der Waals surface area contributed by atoms with Gasteiger partial charge in [0.2, 0.25) is 0 Å². The van der Waals surface area contributed by atoms with Crippen LogP contribution in [0, 0.1) is 0 Å². The zero-order valence-corrected chi connectivity index (χ0v) is 31.2. The Morgan fingerprint density at radius 1 is 0.304 bits per heavy atom. The van der Waals surface area contributed by atoms with Gasteiger partial charge in [0.1, 0.15) is 0 Å². The van der Waals surface area contributed by atoms with Crippen molar-refractivity contribution < 1.29 is 0 Å². The van der Waals surface area contributed by atoms with Crippen LogP contribution in [0.2, 0.25) is 0 Å². The zero-order chi connectivity index (χ0) is 37.5. The molecule has 268 valence electrons. The molecule has 0 saturated heterocycles. The lowest BCUT2D eigenvalue weighted by Gasteiger charge is -2.28. The van der Waals surface area contributed by atoms with Crippen LogP contribution >= 0.6 is 0 Å². The molecule has 0 unspecified atom stereocenters. The van der Waals surface area contributed by atoms with Crippen molar-refractivity contribution >= 4 is 39.7 Å². The van der Waals surface area contributed by atoms with Crippen LogP contribution in [0.1, 0.15) is 18.4 Å². The zero-order valence-electron chi connectivity index (χ0n) is 31.2. The average Bonchev–Trinajstić information content (AvgIpc) is 3.29. The predicted octanol–water partition coefficient (Wildman–Crippen LogP) is 15.4. The summed E-state index contributed by atoms with van der Waals surface area (Å²) < 4.78 is 0. The summed E-state index contributed by atoms with van der Waals surface area (Å²) in [5, 5.41) is 0. The van der Waals surface area contributed by atoms with Gasteiger partial charge in [0, 0.05) is 33.9 Å². The van der Waals surface area contributed by atoms with E-state index in [4.69, 9.17) is 0 Å². The van der Waals surface area contributed by atoms with Gasteiger partial charge in [0.15, 0.2) is 0 Å². The van der Waals surface area contributed by atoms with Crippen molar-refractivity contribution in [3.8, 4) is 33.4 Å². The van der Waals surface area contributed by atoms with Crippen molar-refractivity contribution in [2.75, 3.05) is 9.80 Å². The fourth-order valence-corrected chi connectivity index (χ4v) is 7.76. The molecule has 2 heteroatoms. The molecule has 0 aliphatic heterocycles. The number of rotatable bonds is 10. The summed E-state index contributed by atoms with van der Waals surface area (Å²) >= 11 is 0. The van der Waals surface area contributed by atoms with E-state index in [9.17, 15) is 0 Å². The molecule has 2 nitrogen and oxygen atoms in total. The van der Waals surface area contributed by atoms with Crippen LogP contribution < -0.4 is 9.80 Å². The van der Waals surface area contributed by atoms with E-state index >= 15 is 0 Å². The minimum Gasteiger partial charge on any atom is -0.310 e. The Balaban J connectivity index is 1.08. The molecule has 1 aliphatic rings. The molecule has 0 atom stereocenters. The van der Waals surface area contributed by atoms with Crippen LogP contribution in [0.15, 0.2) is 231 Å². The molecule has 0 spiro atoms. The second kappa shape index (κ2) is 16.1. The molecule has 9 rings (SSSR count). The standard InChI is InChI=1S/C54H42N2/c1-5-17-41(18-6-1)43-33-37-49(38-34-43)55(47-21-9-3-10-22-47)53-27-15-13-25-51(53)45-29-31-46(32-30-45)52-26-14-16-28-54(52)56(48-23-11-4-12-24-48)50-39-35-44(36-40-50)42-19-7-2-8-20-42/h1-7,9-19,21-40H,8,20H2. The molecular formula is C54H42N2. The van der Waals surface area contributed by atoms with Crippen LogP contribution in [0.3, 0.4) is 0 Å². The summed E-state index contributed by atoms with van der Waals surface area (Å²) in [5.74, 6) is 0. The summed E-state index contributed by atoms with van der Waals surface area (Å²) in [6.45, 7) is 0. The molecule has 0 fully saturated rings. The highest BCUT2D eigenvalue weighted by atomic mass is 15.1. The van der Waals surface area contributed by atoms with Crippen LogP contribution in [-0.2, 0) is 0 Å². The van der Waals surface area contributed by atoms with Gasteiger partial charge in [-0.3, -0.25) is 0 Å². The third kappa shape index (κ3) is 7.21. The molecule has 8 aromatic rings. The lowest BCUT2D eigenvalue weighted by atomic mass is 9.96. The van der Waals surface area contributed by atoms with E-state index in [0.29, 0.717) is 0 Å². The summed E-state index contributed by atoms with van der Waals surface area (Å²) in [7, 11) is 0. The first-order valence-electron chi connectivity index (χ1n) is 19.4. The number of benzene rings is 8. The lowest BCUT2D eigenvalue weighted by molar-refractivity contribution is 1.05. The van der Waals surface area contributed by atoms with E-state index in [0.717, 1.165) is 63.7 Å². The second-order valence-electron chi connectivity index (χ2n) is 14.1. The smallest absolute Gasteiger partial charge is 0.0540 e. The maximum atomic E-state index is 2.37. The molecule has 1 aliphatic carbocycles. The fourth-order valence-electron chi connectivity index (χ4n) is 7.76. The summed E-state index contributed by atoms with van der Waals surface area (Å²) in [6, 6.07) is 76.3. The molecule has 0 N–H and O–H groups in total. The topological polar surface area (TPSA) is 6.48 Å². The first-order valence-corrected chi connectivity index (χ1v) is 19.4. The maximum Gasteiger partial charge on any atom is 0.0540 e. The van der Waals surface area contributed by atoms with Gasteiger partial charge in [0.25, 0.3) is 0 Å². The van der Waals surface area contributed by atoms with Crippen molar-refractivity contribution in [1.82, 2.24) is 0 Å². The molecule has 0 bridgehead atoms. The Labute approximate surface area is 330 Å². The third-order valence-corrected chi connectivity index (χ3v) is 10.6. The average molecular weight is 719 g/mol. The van der Waals surface area contributed by atoms with Crippen molar-refractivity contribution in [3.05, 3.63) is 236 Å². The minimum absolute atomic E-state index is 1.08. The molecular weight excluding hydrogens is 677 g/mol. The molecule has 0 saturated carbocycles.